The molecule has 4 N–H and O–H groups in total. The van der Waals surface area contributed by atoms with E-state index in [4.69, 9.17) is 9.47 Å². The molecule has 2 fully saturated rings. The SMILES string of the molecule is COc1cc(CO)cc2c1O[C@@H]1[C@@H](O)[C@H](N(Cc3ccccc3F)C(=O)CC3CC4CCC3C4)C=C(C(=O)NCCO)[C@H]21. The fourth-order valence-electron chi connectivity index (χ4n) is 7.76. The Morgan fingerprint density at radius 1 is 1.16 bits per heavy atom. The van der Waals surface area contributed by atoms with Gasteiger partial charge in [0.15, 0.2) is 11.5 Å². The first-order valence-electron chi connectivity index (χ1n) is 15.1. The number of amides is 2. The van der Waals surface area contributed by atoms with E-state index in [0.717, 1.165) is 19.3 Å². The van der Waals surface area contributed by atoms with Gasteiger partial charge >= 0.3 is 0 Å². The largest absolute Gasteiger partial charge is 0.493 e. The molecule has 1 heterocycles. The van der Waals surface area contributed by atoms with E-state index < -0.39 is 35.9 Å². The van der Waals surface area contributed by atoms with Gasteiger partial charge in [-0.15, -0.1) is 0 Å². The van der Waals surface area contributed by atoms with Gasteiger partial charge in [0.25, 0.3) is 0 Å². The Hall–Kier alpha value is -3.47. The molecule has 3 unspecified atom stereocenters. The second-order valence-corrected chi connectivity index (χ2v) is 12.3. The van der Waals surface area contributed by atoms with Crippen LogP contribution in [0.4, 0.5) is 4.39 Å². The summed E-state index contributed by atoms with van der Waals surface area (Å²) in [5.74, 6) is 0.232. The number of benzene rings is 2. The molecule has 10 heteroatoms. The lowest BCUT2D eigenvalue weighted by Crippen LogP contribution is -2.55. The molecule has 0 aromatic heterocycles. The van der Waals surface area contributed by atoms with Crippen molar-refractivity contribution in [3.63, 3.8) is 0 Å². The Balaban J connectivity index is 1.40. The molecule has 9 nitrogen and oxygen atoms in total. The van der Waals surface area contributed by atoms with Crippen molar-refractivity contribution in [2.24, 2.45) is 17.8 Å². The number of methoxy groups -OCH3 is 1. The molecule has 2 bridgehead atoms. The lowest BCUT2D eigenvalue weighted by molar-refractivity contribution is -0.139. The first-order chi connectivity index (χ1) is 20.8. The van der Waals surface area contributed by atoms with Crippen LogP contribution in [0.5, 0.6) is 11.5 Å². The molecule has 2 saturated carbocycles. The Kier molecular flexibility index (Phi) is 8.44. The third-order valence-electron chi connectivity index (χ3n) is 9.79. The summed E-state index contributed by atoms with van der Waals surface area (Å²) in [4.78, 5) is 29.2. The van der Waals surface area contributed by atoms with Crippen LogP contribution in [0.2, 0.25) is 0 Å². The number of carbonyl (C=O) groups is 2. The van der Waals surface area contributed by atoms with Gasteiger partial charge in [0.2, 0.25) is 11.8 Å². The van der Waals surface area contributed by atoms with Gasteiger partial charge in [0, 0.05) is 36.2 Å². The van der Waals surface area contributed by atoms with E-state index in [1.165, 1.54) is 24.5 Å². The smallest absolute Gasteiger partial charge is 0.247 e. The van der Waals surface area contributed by atoms with Crippen molar-refractivity contribution in [3.05, 3.63) is 70.6 Å². The molecule has 230 valence electrons. The van der Waals surface area contributed by atoms with Crippen LogP contribution < -0.4 is 14.8 Å². The number of hydrogen-bond acceptors (Lipinski definition) is 7. The van der Waals surface area contributed by atoms with Crippen molar-refractivity contribution in [2.75, 3.05) is 20.3 Å². The quantitative estimate of drug-likeness (QED) is 0.333. The lowest BCUT2D eigenvalue weighted by atomic mass is 9.77. The van der Waals surface area contributed by atoms with Crippen LogP contribution >= 0.6 is 0 Å². The number of rotatable bonds is 10. The highest BCUT2D eigenvalue weighted by Gasteiger charge is 2.52. The van der Waals surface area contributed by atoms with E-state index >= 15 is 0 Å². The number of fused-ring (bicyclic) bond motifs is 5. The number of hydrogen-bond donors (Lipinski definition) is 4. The van der Waals surface area contributed by atoms with Gasteiger partial charge in [-0.05, 0) is 66.9 Å². The zero-order chi connectivity index (χ0) is 30.2. The minimum Gasteiger partial charge on any atom is -0.493 e. The fourth-order valence-corrected chi connectivity index (χ4v) is 7.76. The third-order valence-corrected chi connectivity index (χ3v) is 9.79. The predicted octanol–water partition coefficient (Wildman–Crippen LogP) is 2.80. The second-order valence-electron chi connectivity index (χ2n) is 12.3. The van der Waals surface area contributed by atoms with Crippen molar-refractivity contribution in [3.8, 4) is 11.5 Å². The van der Waals surface area contributed by atoms with Crippen LogP contribution in [-0.2, 0) is 22.7 Å². The Bertz CT molecular complexity index is 1410. The summed E-state index contributed by atoms with van der Waals surface area (Å²) in [6.07, 6.45) is 4.12. The lowest BCUT2D eigenvalue weighted by Gasteiger charge is -2.41. The molecule has 0 radical (unpaired) electrons. The van der Waals surface area contributed by atoms with Gasteiger partial charge in [-0.1, -0.05) is 24.6 Å². The van der Waals surface area contributed by atoms with E-state index in [1.54, 1.807) is 36.4 Å². The Labute approximate surface area is 250 Å². The standard InChI is InChI=1S/C33H39FN2O7/c1-42-27-13-19(17-38)12-23-29-24(33(41)35-8-9-37)15-26(30(40)32(29)43-31(23)27)36(16-21-4-2-3-5-25(21)34)28(39)14-22-11-18-6-7-20(22)10-18/h2-5,12-13,15,18,20,22,26,29-30,32,37-38,40H,6-11,14,16-17H2,1H3,(H,35,41)/t18?,20?,22?,26-,29+,30+,32+/m1/s1. The van der Waals surface area contributed by atoms with Gasteiger partial charge in [-0.2, -0.15) is 0 Å². The number of aliphatic hydroxyl groups excluding tert-OH is 3. The highest BCUT2D eigenvalue weighted by molar-refractivity contribution is 5.96. The summed E-state index contributed by atoms with van der Waals surface area (Å²) in [7, 11) is 1.47. The predicted molar refractivity (Wildman–Crippen MR) is 155 cm³/mol. The summed E-state index contributed by atoms with van der Waals surface area (Å²) in [5.41, 5.74) is 1.69. The van der Waals surface area contributed by atoms with Crippen LogP contribution in [0.15, 0.2) is 48.0 Å². The Morgan fingerprint density at radius 2 is 1.98 bits per heavy atom. The number of aliphatic hydroxyl groups is 3. The van der Waals surface area contributed by atoms with E-state index in [1.807, 2.05) is 0 Å². The molecular formula is C33H39FN2O7. The van der Waals surface area contributed by atoms with Gasteiger partial charge in [0.05, 0.1) is 32.3 Å². The molecule has 43 heavy (non-hydrogen) atoms. The summed E-state index contributed by atoms with van der Waals surface area (Å²) < 4.78 is 26.8. The van der Waals surface area contributed by atoms with Gasteiger partial charge in [-0.25, -0.2) is 4.39 Å². The van der Waals surface area contributed by atoms with Crippen LogP contribution in [0.1, 0.15) is 54.7 Å². The first kappa shape index (κ1) is 29.6. The molecule has 1 aliphatic heterocycles. The maximum atomic E-state index is 14.9. The highest BCUT2D eigenvalue weighted by atomic mass is 19.1. The maximum absolute atomic E-state index is 14.9. The third kappa shape index (κ3) is 5.52. The number of ether oxygens (including phenoxy) is 2. The molecular weight excluding hydrogens is 555 g/mol. The number of halogens is 1. The summed E-state index contributed by atoms with van der Waals surface area (Å²) in [5, 5.41) is 33.9. The normalized spacial score (nSPS) is 28.5. The topological polar surface area (TPSA) is 129 Å². The van der Waals surface area contributed by atoms with E-state index in [0.29, 0.717) is 46.4 Å². The average Bonchev–Trinajstić information content (AvgIpc) is 3.74. The molecule has 6 rings (SSSR count). The van der Waals surface area contributed by atoms with Crippen molar-refractivity contribution >= 4 is 11.8 Å². The van der Waals surface area contributed by atoms with Crippen molar-refractivity contribution in [1.82, 2.24) is 10.2 Å². The first-order valence-corrected chi connectivity index (χ1v) is 15.1. The molecule has 0 spiro atoms. The average molecular weight is 595 g/mol. The van der Waals surface area contributed by atoms with E-state index in [9.17, 15) is 29.3 Å². The Morgan fingerprint density at radius 3 is 2.65 bits per heavy atom. The van der Waals surface area contributed by atoms with Crippen LogP contribution in [0.3, 0.4) is 0 Å². The van der Waals surface area contributed by atoms with Crippen molar-refractivity contribution in [1.29, 1.82) is 0 Å². The molecule has 2 amide bonds. The molecule has 3 aliphatic carbocycles. The fraction of sp³-hybridized carbons (Fsp3) is 0.515. The van der Waals surface area contributed by atoms with Gasteiger partial charge in [-0.3, -0.25) is 9.59 Å². The molecule has 7 atom stereocenters. The highest BCUT2D eigenvalue weighted by Crippen LogP contribution is 2.52. The molecule has 0 saturated heterocycles. The summed E-state index contributed by atoms with van der Waals surface area (Å²) >= 11 is 0. The maximum Gasteiger partial charge on any atom is 0.247 e. The van der Waals surface area contributed by atoms with Gasteiger partial charge in [0.1, 0.15) is 18.0 Å². The minimum absolute atomic E-state index is 0.0105. The summed E-state index contributed by atoms with van der Waals surface area (Å²) in [6, 6.07) is 8.62. The van der Waals surface area contributed by atoms with Crippen molar-refractivity contribution in [2.45, 2.75) is 69.4 Å². The second kappa shape index (κ2) is 12.3. The monoisotopic (exact) mass is 594 g/mol. The van der Waals surface area contributed by atoms with E-state index in [-0.39, 0.29) is 43.7 Å². The summed E-state index contributed by atoms with van der Waals surface area (Å²) in [6.45, 7) is -0.610. The number of nitrogens with one attached hydrogen (secondary N) is 1. The number of nitrogens with zero attached hydrogens (tertiary/aromatic N) is 1. The van der Waals surface area contributed by atoms with Crippen LogP contribution in [0.25, 0.3) is 0 Å². The van der Waals surface area contributed by atoms with Crippen LogP contribution in [-0.4, -0.2) is 70.5 Å². The molecule has 2 aromatic carbocycles. The van der Waals surface area contributed by atoms with Crippen molar-refractivity contribution < 1.29 is 38.8 Å². The zero-order valence-electron chi connectivity index (χ0n) is 24.2. The minimum atomic E-state index is -1.26. The molecule has 4 aliphatic rings. The van der Waals surface area contributed by atoms with E-state index in [2.05, 4.69) is 5.32 Å². The van der Waals surface area contributed by atoms with Gasteiger partial charge < -0.3 is 35.0 Å². The zero-order valence-corrected chi connectivity index (χ0v) is 24.2. The molecule has 2 aromatic rings. The number of carbonyl (C=O) groups excluding carboxylic acids is 2. The van der Waals surface area contributed by atoms with Crippen LogP contribution in [0, 0.1) is 23.6 Å².